The van der Waals surface area contributed by atoms with Crippen LogP contribution in [0.25, 0.3) is 0 Å². The van der Waals surface area contributed by atoms with Crippen LogP contribution in [0, 0.1) is 5.82 Å². The van der Waals surface area contributed by atoms with Gasteiger partial charge in [0.2, 0.25) is 0 Å². The van der Waals surface area contributed by atoms with Crippen LogP contribution in [0.3, 0.4) is 0 Å². The number of hydrogen-bond acceptors (Lipinski definition) is 3. The monoisotopic (exact) mass is 309 g/mol. The van der Waals surface area contributed by atoms with E-state index in [-0.39, 0.29) is 11.9 Å². The maximum atomic E-state index is 12.8. The molecule has 0 aliphatic heterocycles. The van der Waals surface area contributed by atoms with Crippen molar-refractivity contribution >= 4 is 27.4 Å². The lowest BCUT2D eigenvalue weighted by atomic mass is 10.1. The summed E-state index contributed by atoms with van der Waals surface area (Å²) in [6, 6.07) is 8.19. The summed E-state index contributed by atoms with van der Waals surface area (Å²) in [5.74, 6) is 0.471. The third kappa shape index (κ3) is 2.98. The van der Waals surface area contributed by atoms with Crippen molar-refractivity contribution in [2.45, 2.75) is 13.0 Å². The van der Waals surface area contributed by atoms with Crippen LogP contribution in [0.5, 0.6) is 0 Å². The topological polar surface area (TPSA) is 50.9 Å². The van der Waals surface area contributed by atoms with Crippen molar-refractivity contribution in [3.05, 3.63) is 52.4 Å². The molecular weight excluding hydrogens is 297 g/mol. The first-order valence-electron chi connectivity index (χ1n) is 5.49. The van der Waals surface area contributed by atoms with Gasteiger partial charge in [-0.25, -0.2) is 9.37 Å². The van der Waals surface area contributed by atoms with Crippen LogP contribution in [-0.4, -0.2) is 4.98 Å². The number of nitrogens with one attached hydrogen (secondary N) is 1. The molecule has 1 unspecified atom stereocenters. The Bertz CT molecular complexity index is 542. The Kier molecular flexibility index (Phi) is 3.81. The molecule has 0 aliphatic rings. The smallest absolute Gasteiger partial charge is 0.140 e. The summed E-state index contributed by atoms with van der Waals surface area (Å²) in [5, 5.41) is 3.24. The first-order valence-corrected chi connectivity index (χ1v) is 6.28. The van der Waals surface area contributed by atoms with E-state index in [1.165, 1.54) is 12.1 Å². The van der Waals surface area contributed by atoms with Crippen LogP contribution in [0.15, 0.2) is 41.0 Å². The second-order valence-corrected chi connectivity index (χ2v) is 4.87. The fourth-order valence-electron chi connectivity index (χ4n) is 1.60. The van der Waals surface area contributed by atoms with Gasteiger partial charge in [0.05, 0.1) is 16.4 Å². The van der Waals surface area contributed by atoms with Crippen molar-refractivity contribution in [1.82, 2.24) is 4.98 Å². The third-order valence-electron chi connectivity index (χ3n) is 2.59. The Morgan fingerprint density at radius 3 is 2.61 bits per heavy atom. The molecular formula is C13H13BrFN3. The van der Waals surface area contributed by atoms with Crippen LogP contribution in [0.4, 0.5) is 15.9 Å². The van der Waals surface area contributed by atoms with Gasteiger partial charge in [0.1, 0.15) is 11.6 Å². The van der Waals surface area contributed by atoms with Gasteiger partial charge in [-0.2, -0.15) is 0 Å². The Labute approximate surface area is 113 Å². The number of anilines is 2. The molecule has 1 heterocycles. The highest BCUT2D eigenvalue weighted by Crippen LogP contribution is 2.26. The van der Waals surface area contributed by atoms with Gasteiger partial charge in [-0.15, -0.1) is 0 Å². The molecule has 3 N–H and O–H groups in total. The van der Waals surface area contributed by atoms with Crippen LogP contribution in [0.1, 0.15) is 18.5 Å². The molecule has 2 aromatic rings. The number of pyridine rings is 1. The highest BCUT2D eigenvalue weighted by molar-refractivity contribution is 9.10. The van der Waals surface area contributed by atoms with Crippen molar-refractivity contribution < 1.29 is 4.39 Å². The molecule has 3 nitrogen and oxygen atoms in total. The maximum absolute atomic E-state index is 12.8. The second-order valence-electron chi connectivity index (χ2n) is 4.02. The molecule has 0 spiro atoms. The Hall–Kier alpha value is -1.62. The van der Waals surface area contributed by atoms with E-state index in [1.807, 2.05) is 6.92 Å². The zero-order valence-corrected chi connectivity index (χ0v) is 11.4. The number of nitrogens with two attached hydrogens (primary N) is 1. The summed E-state index contributed by atoms with van der Waals surface area (Å²) in [6.07, 6.45) is 1.59. The minimum Gasteiger partial charge on any atom is -0.397 e. The summed E-state index contributed by atoms with van der Waals surface area (Å²) >= 11 is 3.39. The zero-order valence-electron chi connectivity index (χ0n) is 9.82. The van der Waals surface area contributed by atoms with Gasteiger partial charge in [0, 0.05) is 6.04 Å². The van der Waals surface area contributed by atoms with E-state index in [0.717, 1.165) is 10.0 Å². The average molecular weight is 310 g/mol. The number of nitrogens with zero attached hydrogens (tertiary/aromatic N) is 1. The quantitative estimate of drug-likeness (QED) is 0.908. The molecule has 1 atom stereocenters. The molecule has 2 rings (SSSR count). The van der Waals surface area contributed by atoms with Crippen LogP contribution in [0.2, 0.25) is 0 Å². The molecule has 0 radical (unpaired) electrons. The van der Waals surface area contributed by atoms with Crippen molar-refractivity contribution in [1.29, 1.82) is 0 Å². The van der Waals surface area contributed by atoms with Crippen molar-refractivity contribution in [3.8, 4) is 0 Å². The molecule has 94 valence electrons. The minimum absolute atomic E-state index is 0.0259. The molecule has 5 heteroatoms. The molecule has 0 saturated heterocycles. The molecule has 0 amide bonds. The second kappa shape index (κ2) is 5.35. The van der Waals surface area contributed by atoms with Gasteiger partial charge in [-0.1, -0.05) is 12.1 Å². The molecule has 0 bridgehead atoms. The summed E-state index contributed by atoms with van der Waals surface area (Å²) in [7, 11) is 0. The van der Waals surface area contributed by atoms with Gasteiger partial charge in [-0.3, -0.25) is 0 Å². The number of halogens is 2. The van der Waals surface area contributed by atoms with E-state index in [0.29, 0.717) is 11.5 Å². The fraction of sp³-hybridized carbons (Fsp3) is 0.154. The van der Waals surface area contributed by atoms with Crippen LogP contribution >= 0.6 is 15.9 Å². The largest absolute Gasteiger partial charge is 0.397 e. The number of hydrogen-bond donors (Lipinski definition) is 2. The van der Waals surface area contributed by atoms with Gasteiger partial charge < -0.3 is 11.1 Å². The average Bonchev–Trinajstić information content (AvgIpc) is 2.33. The van der Waals surface area contributed by atoms with E-state index in [4.69, 9.17) is 5.73 Å². The number of aromatic nitrogens is 1. The van der Waals surface area contributed by atoms with E-state index in [2.05, 4.69) is 26.2 Å². The summed E-state index contributed by atoms with van der Waals surface area (Å²) < 4.78 is 13.6. The van der Waals surface area contributed by atoms with Crippen molar-refractivity contribution in [3.63, 3.8) is 0 Å². The molecule has 18 heavy (non-hydrogen) atoms. The van der Waals surface area contributed by atoms with Gasteiger partial charge in [0.25, 0.3) is 0 Å². The van der Waals surface area contributed by atoms with E-state index < -0.39 is 0 Å². The zero-order chi connectivity index (χ0) is 13.1. The SMILES string of the molecule is CC(Nc1ncc(N)cc1Br)c1ccc(F)cc1. The highest BCUT2D eigenvalue weighted by atomic mass is 79.9. The summed E-state index contributed by atoms with van der Waals surface area (Å²) in [6.45, 7) is 1.98. The number of benzene rings is 1. The summed E-state index contributed by atoms with van der Waals surface area (Å²) in [4.78, 5) is 4.20. The first kappa shape index (κ1) is 12.8. The molecule has 1 aromatic heterocycles. The lowest BCUT2D eigenvalue weighted by Gasteiger charge is -2.16. The lowest BCUT2D eigenvalue weighted by molar-refractivity contribution is 0.626. The third-order valence-corrected chi connectivity index (χ3v) is 3.19. The first-order chi connectivity index (χ1) is 8.56. The van der Waals surface area contributed by atoms with E-state index in [1.54, 1.807) is 24.4 Å². The van der Waals surface area contributed by atoms with Crippen molar-refractivity contribution in [2.75, 3.05) is 11.1 Å². The normalized spacial score (nSPS) is 12.2. The molecule has 0 fully saturated rings. The standard InChI is InChI=1S/C13H13BrFN3/c1-8(9-2-4-10(15)5-3-9)18-13-12(14)6-11(16)7-17-13/h2-8H,16H2,1H3,(H,17,18). The fourth-order valence-corrected chi connectivity index (χ4v) is 2.08. The maximum Gasteiger partial charge on any atom is 0.140 e. The van der Waals surface area contributed by atoms with E-state index in [9.17, 15) is 4.39 Å². The van der Waals surface area contributed by atoms with Crippen molar-refractivity contribution in [2.24, 2.45) is 0 Å². The predicted octanol–water partition coefficient (Wildman–Crippen LogP) is 3.74. The molecule has 1 aromatic carbocycles. The molecule has 0 saturated carbocycles. The number of nitrogen functional groups attached to an aromatic ring is 1. The highest BCUT2D eigenvalue weighted by Gasteiger charge is 2.08. The number of rotatable bonds is 3. The Morgan fingerprint density at radius 1 is 1.33 bits per heavy atom. The van der Waals surface area contributed by atoms with Gasteiger partial charge >= 0.3 is 0 Å². The Morgan fingerprint density at radius 2 is 2.00 bits per heavy atom. The Balaban J connectivity index is 2.15. The summed E-state index contributed by atoms with van der Waals surface area (Å²) in [5.41, 5.74) is 7.21. The van der Waals surface area contributed by atoms with Gasteiger partial charge in [0.15, 0.2) is 0 Å². The van der Waals surface area contributed by atoms with Crippen LogP contribution < -0.4 is 11.1 Å². The van der Waals surface area contributed by atoms with Crippen LogP contribution in [-0.2, 0) is 0 Å². The molecule has 0 aliphatic carbocycles. The van der Waals surface area contributed by atoms with Gasteiger partial charge in [-0.05, 0) is 46.6 Å². The lowest BCUT2D eigenvalue weighted by Crippen LogP contribution is -2.08. The van der Waals surface area contributed by atoms with E-state index >= 15 is 0 Å². The minimum atomic E-state index is -0.238. The predicted molar refractivity (Wildman–Crippen MR) is 74.8 cm³/mol.